The van der Waals surface area contributed by atoms with Gasteiger partial charge in [0.25, 0.3) is 0 Å². The van der Waals surface area contributed by atoms with Gasteiger partial charge in [0.2, 0.25) is 0 Å². The van der Waals surface area contributed by atoms with E-state index in [1.54, 1.807) is 7.11 Å². The van der Waals surface area contributed by atoms with Crippen molar-refractivity contribution in [2.45, 2.75) is 111 Å². The highest BCUT2D eigenvalue weighted by atomic mass is 16.5. The highest BCUT2D eigenvalue weighted by molar-refractivity contribution is 5.78. The lowest BCUT2D eigenvalue weighted by Gasteiger charge is -2.73. The Hall–Kier alpha value is -1.27. The number of carbonyl (C=O) groups excluding carboxylic acids is 1. The Bertz CT molecular complexity index is 1000. The molecule has 0 heterocycles. The van der Waals surface area contributed by atoms with E-state index in [4.69, 9.17) is 11.2 Å². The fourth-order valence-electron chi connectivity index (χ4n) is 11.9. The summed E-state index contributed by atoms with van der Waals surface area (Å²) < 4.78 is 5.50. The van der Waals surface area contributed by atoms with Crippen LogP contribution in [0.3, 0.4) is 0 Å². The maximum Gasteiger partial charge on any atom is 0.312 e. The molecule has 0 saturated heterocycles. The van der Waals surface area contributed by atoms with E-state index < -0.39 is 5.60 Å². The number of rotatable bonds is 2. The van der Waals surface area contributed by atoms with Gasteiger partial charge in [0.1, 0.15) is 5.60 Å². The Morgan fingerprint density at radius 3 is 2.22 bits per heavy atom. The van der Waals surface area contributed by atoms with Crippen molar-refractivity contribution < 1.29 is 14.6 Å². The summed E-state index contributed by atoms with van der Waals surface area (Å²) in [7, 11) is 1.58. The number of hydrogen-bond acceptors (Lipinski definition) is 3. The molecule has 5 fully saturated rings. The van der Waals surface area contributed by atoms with Crippen molar-refractivity contribution in [3.8, 4) is 12.3 Å². The van der Waals surface area contributed by atoms with Crippen LogP contribution in [0.2, 0.25) is 0 Å². The Balaban J connectivity index is 1.56. The van der Waals surface area contributed by atoms with Crippen LogP contribution >= 0.6 is 0 Å². The molecule has 5 saturated carbocycles. The van der Waals surface area contributed by atoms with Crippen molar-refractivity contribution in [3.05, 3.63) is 12.2 Å². The first-order valence-electron chi connectivity index (χ1n) is 14.6. The van der Waals surface area contributed by atoms with E-state index in [0.717, 1.165) is 38.5 Å². The van der Waals surface area contributed by atoms with Crippen LogP contribution in [0.1, 0.15) is 106 Å². The van der Waals surface area contributed by atoms with Crippen LogP contribution in [-0.2, 0) is 9.53 Å². The molecule has 1 N–H and O–H groups in total. The average Bonchev–Trinajstić information content (AvgIpc) is 3.23. The third-order valence-corrected chi connectivity index (χ3v) is 14.1. The summed E-state index contributed by atoms with van der Waals surface area (Å²) in [6.45, 7) is 18.8. The maximum atomic E-state index is 13.4. The van der Waals surface area contributed by atoms with Gasteiger partial charge >= 0.3 is 5.97 Å². The highest BCUT2D eigenvalue weighted by Gasteiger charge is 2.73. The van der Waals surface area contributed by atoms with E-state index in [1.807, 2.05) is 0 Å². The van der Waals surface area contributed by atoms with Gasteiger partial charge in [-0.05, 0) is 117 Å². The van der Waals surface area contributed by atoms with E-state index >= 15 is 0 Å². The first kappa shape index (κ1) is 26.3. The first-order chi connectivity index (χ1) is 16.7. The topological polar surface area (TPSA) is 46.5 Å². The Morgan fingerprint density at radius 1 is 0.917 bits per heavy atom. The van der Waals surface area contributed by atoms with Gasteiger partial charge in [0, 0.05) is 5.41 Å². The van der Waals surface area contributed by atoms with Crippen molar-refractivity contribution in [2.24, 2.45) is 56.7 Å². The summed E-state index contributed by atoms with van der Waals surface area (Å²) in [4.78, 5) is 13.4. The molecule has 0 aromatic rings. The normalized spacial score (nSPS) is 53.1. The number of allylic oxidation sites excluding steroid dienone is 1. The molecule has 0 aromatic heterocycles. The molecular weight excluding hydrogens is 444 g/mol. The Kier molecular flexibility index (Phi) is 5.76. The molecule has 0 aromatic carbocycles. The number of fused-ring (bicyclic) bond motifs is 7. The maximum absolute atomic E-state index is 13.4. The number of aliphatic hydroxyl groups is 1. The molecule has 5 rings (SSSR count). The van der Waals surface area contributed by atoms with Crippen LogP contribution in [-0.4, -0.2) is 23.8 Å². The highest BCUT2D eigenvalue weighted by Crippen LogP contribution is 2.78. The number of carbonyl (C=O) groups is 1. The number of hydrogen-bond donors (Lipinski definition) is 1. The van der Waals surface area contributed by atoms with Gasteiger partial charge in [-0.15, -0.1) is 6.42 Å². The van der Waals surface area contributed by atoms with Crippen LogP contribution in [0.15, 0.2) is 12.2 Å². The van der Waals surface area contributed by atoms with Gasteiger partial charge < -0.3 is 9.84 Å². The minimum absolute atomic E-state index is 0.0313. The molecule has 0 aliphatic heterocycles. The zero-order chi connectivity index (χ0) is 26.5. The molecule has 200 valence electrons. The minimum Gasteiger partial charge on any atom is -0.469 e. The smallest absolute Gasteiger partial charge is 0.312 e. The van der Waals surface area contributed by atoms with Crippen LogP contribution in [0.25, 0.3) is 0 Å². The zero-order valence-corrected chi connectivity index (χ0v) is 24.0. The summed E-state index contributed by atoms with van der Waals surface area (Å²) >= 11 is 0. The lowest BCUT2D eigenvalue weighted by atomic mass is 9.31. The van der Waals surface area contributed by atoms with E-state index in [0.29, 0.717) is 36.0 Å². The molecule has 0 bridgehead atoms. The molecule has 36 heavy (non-hydrogen) atoms. The molecular formula is C33H50O3. The van der Waals surface area contributed by atoms with Crippen LogP contribution < -0.4 is 0 Å². The van der Waals surface area contributed by atoms with Gasteiger partial charge in [0.05, 0.1) is 12.5 Å². The quantitative estimate of drug-likeness (QED) is 0.251. The van der Waals surface area contributed by atoms with Crippen molar-refractivity contribution >= 4 is 5.97 Å². The Morgan fingerprint density at radius 2 is 1.61 bits per heavy atom. The average molecular weight is 495 g/mol. The summed E-state index contributed by atoms with van der Waals surface area (Å²) in [6, 6.07) is 0. The predicted molar refractivity (Wildman–Crippen MR) is 145 cm³/mol. The lowest BCUT2D eigenvalue weighted by Crippen LogP contribution is -2.68. The largest absolute Gasteiger partial charge is 0.469 e. The van der Waals surface area contributed by atoms with Gasteiger partial charge in [-0.3, -0.25) is 4.79 Å². The van der Waals surface area contributed by atoms with Crippen molar-refractivity contribution in [1.82, 2.24) is 0 Å². The lowest BCUT2D eigenvalue weighted by molar-refractivity contribution is -0.256. The summed E-state index contributed by atoms with van der Waals surface area (Å²) in [6.07, 6.45) is 16.4. The van der Waals surface area contributed by atoms with Crippen molar-refractivity contribution in [3.63, 3.8) is 0 Å². The first-order valence-corrected chi connectivity index (χ1v) is 14.6. The number of ether oxygens (including phenoxy) is 1. The van der Waals surface area contributed by atoms with E-state index in [1.165, 1.54) is 24.8 Å². The SMILES string of the molecule is C#C[C@]1(O)CC[C@]2(C)[C@H]3CC[C@@H]4[C@H]5[C@H](C(=C)C)CC[C@]5(C(=O)OC)CC[C@@]4(C)[C@]3(C)CC[C@H]2C1(C)C. The zero-order valence-electron chi connectivity index (χ0n) is 24.0. The fourth-order valence-corrected chi connectivity index (χ4v) is 11.9. The Labute approximate surface area is 220 Å². The van der Waals surface area contributed by atoms with Crippen LogP contribution in [0.5, 0.6) is 0 Å². The summed E-state index contributed by atoms with van der Waals surface area (Å²) in [5, 5.41) is 11.5. The number of terminal acetylenes is 1. The second-order valence-electron chi connectivity index (χ2n) is 15.1. The number of esters is 1. The second kappa shape index (κ2) is 7.88. The molecule has 3 nitrogen and oxygen atoms in total. The number of methoxy groups -OCH3 is 1. The summed E-state index contributed by atoms with van der Waals surface area (Å²) in [5.41, 5.74) is 0.186. The third kappa shape index (κ3) is 2.89. The van der Waals surface area contributed by atoms with E-state index in [-0.39, 0.29) is 33.0 Å². The standard InChI is InChI=1S/C33H50O3/c1-10-33(35)20-17-29(6)24(28(33,4)5)14-15-31(8)25(29)12-11-23-26-22(21(2)3)13-16-32(26,27(34)36-9)19-18-30(23,31)7/h1,22-26,35H,2,11-20H2,3-9H3/t22-,23+,24-,25+,26+,29-,30+,31+,32-,33-/m0/s1. The fraction of sp³-hybridized carbons (Fsp3) is 0.848. The summed E-state index contributed by atoms with van der Waals surface area (Å²) in [5.74, 6) is 5.17. The van der Waals surface area contributed by atoms with Gasteiger partial charge in [0.15, 0.2) is 0 Å². The predicted octanol–water partition coefficient (Wildman–Crippen LogP) is 7.18. The molecule has 3 heteroatoms. The van der Waals surface area contributed by atoms with Crippen molar-refractivity contribution in [2.75, 3.05) is 7.11 Å². The van der Waals surface area contributed by atoms with Gasteiger partial charge in [-0.25, -0.2) is 0 Å². The van der Waals surface area contributed by atoms with Gasteiger partial charge in [-0.2, -0.15) is 0 Å². The minimum atomic E-state index is -1.02. The van der Waals surface area contributed by atoms with E-state index in [2.05, 4.69) is 54.0 Å². The third-order valence-electron chi connectivity index (χ3n) is 14.1. The van der Waals surface area contributed by atoms with Gasteiger partial charge in [-0.1, -0.05) is 52.7 Å². The van der Waals surface area contributed by atoms with Crippen LogP contribution in [0, 0.1) is 69.0 Å². The molecule has 10 atom stereocenters. The van der Waals surface area contributed by atoms with Crippen molar-refractivity contribution in [1.29, 1.82) is 0 Å². The molecule has 0 radical (unpaired) electrons. The monoisotopic (exact) mass is 494 g/mol. The molecule has 5 aliphatic rings. The molecule has 0 unspecified atom stereocenters. The molecule has 0 amide bonds. The molecule has 0 spiro atoms. The van der Waals surface area contributed by atoms with E-state index in [9.17, 15) is 9.90 Å². The molecule has 5 aliphatic carbocycles. The second-order valence-corrected chi connectivity index (χ2v) is 15.1. The van der Waals surface area contributed by atoms with Crippen LogP contribution in [0.4, 0.5) is 0 Å².